The Balaban J connectivity index is 3.64. The molecule has 1 aromatic carbocycles. The van der Waals surface area contributed by atoms with Crippen LogP contribution in [0.1, 0.15) is 5.56 Å². The topological polar surface area (TPSA) is 57.9 Å². The van der Waals surface area contributed by atoms with Crippen molar-refractivity contribution in [3.8, 4) is 6.07 Å². The van der Waals surface area contributed by atoms with Gasteiger partial charge in [-0.05, 0) is 12.1 Å². The summed E-state index contributed by atoms with van der Waals surface area (Å²) in [5.41, 5.74) is -0.376. The van der Waals surface area contributed by atoms with Crippen LogP contribution < -0.4 is 0 Å². The number of hydrogen-bond acceptors (Lipinski definition) is 3. The first kappa shape index (κ1) is 11.4. The summed E-state index contributed by atoms with van der Waals surface area (Å²) in [6, 6.07) is 3.69. The Kier molecular flexibility index (Phi) is 3.14. The van der Waals surface area contributed by atoms with Gasteiger partial charge in [0.2, 0.25) is 0 Å². The van der Waals surface area contributed by atoms with Crippen LogP contribution in [0.25, 0.3) is 0 Å². The highest BCUT2D eigenvalue weighted by Crippen LogP contribution is 2.25. The first-order valence-corrected chi connectivity index (χ1v) is 6.30. The van der Waals surface area contributed by atoms with Gasteiger partial charge in [-0.3, -0.25) is 0 Å². The zero-order chi connectivity index (χ0) is 10.9. The van der Waals surface area contributed by atoms with E-state index in [2.05, 4.69) is 15.9 Å². The number of rotatable bonds is 1. The van der Waals surface area contributed by atoms with Gasteiger partial charge in [0.25, 0.3) is 9.05 Å². The zero-order valence-electron chi connectivity index (χ0n) is 6.46. The second kappa shape index (κ2) is 3.85. The molecule has 0 fully saturated rings. The Morgan fingerprint density at radius 2 is 2.07 bits per heavy atom. The predicted molar refractivity (Wildman–Crippen MR) is 51.9 cm³/mol. The smallest absolute Gasteiger partial charge is 0.207 e. The van der Waals surface area contributed by atoms with Gasteiger partial charge in [0, 0.05) is 15.2 Å². The van der Waals surface area contributed by atoms with E-state index >= 15 is 0 Å². The SMILES string of the molecule is N#Cc1cc(Br)cc(S(=O)(=O)Cl)c1F. The van der Waals surface area contributed by atoms with E-state index in [0.717, 1.165) is 6.07 Å². The molecule has 14 heavy (non-hydrogen) atoms. The van der Waals surface area contributed by atoms with Crippen LogP contribution in [0.2, 0.25) is 0 Å². The molecule has 3 nitrogen and oxygen atoms in total. The minimum Gasteiger partial charge on any atom is -0.207 e. The summed E-state index contributed by atoms with van der Waals surface area (Å²) in [5.74, 6) is -1.13. The fourth-order valence-corrected chi connectivity index (χ4v) is 2.36. The summed E-state index contributed by atoms with van der Waals surface area (Å²) < 4.78 is 35.3. The average molecular weight is 299 g/mol. The normalized spacial score (nSPS) is 11.0. The standard InChI is InChI=1S/C7H2BrClFNO2S/c8-5-1-4(3-11)7(10)6(2-5)14(9,12)13/h1-2H. The van der Waals surface area contributed by atoms with Gasteiger partial charge in [0.15, 0.2) is 5.82 Å². The molecule has 0 aromatic heterocycles. The molecule has 0 unspecified atom stereocenters. The number of nitrogens with zero attached hydrogens (tertiary/aromatic N) is 1. The molecule has 0 aliphatic carbocycles. The lowest BCUT2D eigenvalue weighted by atomic mass is 10.2. The van der Waals surface area contributed by atoms with E-state index < -0.39 is 19.8 Å². The lowest BCUT2D eigenvalue weighted by Gasteiger charge is -2.01. The third-order valence-electron chi connectivity index (χ3n) is 1.39. The molecule has 0 N–H and O–H groups in total. The van der Waals surface area contributed by atoms with Crippen molar-refractivity contribution >= 4 is 35.7 Å². The highest BCUT2D eigenvalue weighted by Gasteiger charge is 2.19. The third kappa shape index (κ3) is 2.23. The second-order valence-corrected chi connectivity index (χ2v) is 5.77. The molecule has 0 saturated carbocycles. The summed E-state index contributed by atoms with van der Waals surface area (Å²) in [6.45, 7) is 0. The molecule has 0 radical (unpaired) electrons. The summed E-state index contributed by atoms with van der Waals surface area (Å²) in [4.78, 5) is -0.704. The molecule has 0 atom stereocenters. The van der Waals surface area contributed by atoms with Crippen LogP contribution in [0, 0.1) is 17.1 Å². The van der Waals surface area contributed by atoms with Crippen molar-refractivity contribution in [2.75, 3.05) is 0 Å². The average Bonchev–Trinajstić information content (AvgIpc) is 2.06. The van der Waals surface area contributed by atoms with E-state index in [-0.39, 0.29) is 10.0 Å². The molecule has 0 heterocycles. The van der Waals surface area contributed by atoms with E-state index in [4.69, 9.17) is 15.9 Å². The van der Waals surface area contributed by atoms with Crippen LogP contribution in [0.3, 0.4) is 0 Å². The molecule has 0 aliphatic heterocycles. The van der Waals surface area contributed by atoms with Crippen molar-refractivity contribution in [2.45, 2.75) is 4.90 Å². The van der Waals surface area contributed by atoms with Crippen LogP contribution in [-0.2, 0) is 9.05 Å². The molecular formula is C7H2BrClFNO2S. The maximum atomic E-state index is 13.2. The van der Waals surface area contributed by atoms with Crippen molar-refractivity contribution in [2.24, 2.45) is 0 Å². The van der Waals surface area contributed by atoms with E-state index in [9.17, 15) is 12.8 Å². The quantitative estimate of drug-likeness (QED) is 0.748. The molecule has 0 bridgehead atoms. The lowest BCUT2D eigenvalue weighted by Crippen LogP contribution is -1.98. The minimum absolute atomic E-state index is 0.273. The summed E-state index contributed by atoms with van der Waals surface area (Å²) >= 11 is 2.94. The highest BCUT2D eigenvalue weighted by atomic mass is 79.9. The van der Waals surface area contributed by atoms with Gasteiger partial charge >= 0.3 is 0 Å². The minimum atomic E-state index is -4.17. The van der Waals surface area contributed by atoms with Gasteiger partial charge < -0.3 is 0 Å². The molecule has 74 valence electrons. The van der Waals surface area contributed by atoms with Gasteiger partial charge in [0.05, 0.1) is 5.56 Å². The Hall–Kier alpha value is -0.640. The first-order chi connectivity index (χ1) is 6.36. The number of hydrogen-bond donors (Lipinski definition) is 0. The fraction of sp³-hybridized carbons (Fsp3) is 0. The van der Waals surface area contributed by atoms with E-state index in [1.807, 2.05) is 0 Å². The van der Waals surface area contributed by atoms with Crippen molar-refractivity contribution in [3.05, 3.63) is 28.0 Å². The van der Waals surface area contributed by atoms with Crippen LogP contribution in [-0.4, -0.2) is 8.42 Å². The van der Waals surface area contributed by atoms with Gasteiger partial charge in [-0.25, -0.2) is 12.8 Å². The molecule has 1 aromatic rings. The maximum Gasteiger partial charge on any atom is 0.264 e. The van der Waals surface area contributed by atoms with Crippen molar-refractivity contribution < 1.29 is 12.8 Å². The Labute approximate surface area is 92.7 Å². The van der Waals surface area contributed by atoms with Gasteiger partial charge in [0.1, 0.15) is 11.0 Å². The van der Waals surface area contributed by atoms with Crippen LogP contribution in [0.15, 0.2) is 21.5 Å². The van der Waals surface area contributed by atoms with Crippen molar-refractivity contribution in [1.29, 1.82) is 5.26 Å². The predicted octanol–water partition coefficient (Wildman–Crippen LogP) is 2.39. The molecule has 0 aliphatic rings. The van der Waals surface area contributed by atoms with Crippen LogP contribution in [0.4, 0.5) is 4.39 Å². The Morgan fingerprint density at radius 3 is 2.50 bits per heavy atom. The van der Waals surface area contributed by atoms with Gasteiger partial charge in [-0.1, -0.05) is 15.9 Å². The molecule has 0 spiro atoms. The fourth-order valence-electron chi connectivity index (χ4n) is 0.823. The largest absolute Gasteiger partial charge is 0.264 e. The van der Waals surface area contributed by atoms with Gasteiger partial charge in [-0.15, -0.1) is 0 Å². The highest BCUT2D eigenvalue weighted by molar-refractivity contribution is 9.10. The van der Waals surface area contributed by atoms with E-state index in [1.165, 1.54) is 12.1 Å². The first-order valence-electron chi connectivity index (χ1n) is 3.20. The number of benzene rings is 1. The number of nitriles is 1. The second-order valence-electron chi connectivity index (χ2n) is 2.32. The van der Waals surface area contributed by atoms with Crippen molar-refractivity contribution in [3.63, 3.8) is 0 Å². The summed E-state index contributed by atoms with van der Waals surface area (Å²) in [7, 11) is 0.794. The lowest BCUT2D eigenvalue weighted by molar-refractivity contribution is 0.573. The van der Waals surface area contributed by atoms with Crippen LogP contribution >= 0.6 is 26.6 Å². The third-order valence-corrected chi connectivity index (χ3v) is 3.17. The Bertz CT molecular complexity index is 523. The summed E-state index contributed by atoms with van der Waals surface area (Å²) in [5, 5.41) is 8.48. The molecule has 1 rings (SSSR count). The number of halogens is 3. The summed E-state index contributed by atoms with van der Waals surface area (Å²) in [6.07, 6.45) is 0. The maximum absolute atomic E-state index is 13.2. The Morgan fingerprint density at radius 1 is 1.50 bits per heavy atom. The van der Waals surface area contributed by atoms with E-state index in [0.29, 0.717) is 0 Å². The molecular weight excluding hydrogens is 297 g/mol. The monoisotopic (exact) mass is 297 g/mol. The van der Waals surface area contributed by atoms with Gasteiger partial charge in [-0.2, -0.15) is 5.26 Å². The van der Waals surface area contributed by atoms with Crippen LogP contribution in [0.5, 0.6) is 0 Å². The molecule has 0 amide bonds. The molecule has 7 heteroatoms. The molecule has 0 saturated heterocycles. The van der Waals surface area contributed by atoms with E-state index in [1.54, 1.807) is 0 Å². The van der Waals surface area contributed by atoms with Crippen molar-refractivity contribution in [1.82, 2.24) is 0 Å². The zero-order valence-corrected chi connectivity index (χ0v) is 9.62.